The van der Waals surface area contributed by atoms with Gasteiger partial charge in [-0.3, -0.25) is 10.1 Å². The molecule has 2 heterocycles. The van der Waals surface area contributed by atoms with E-state index in [1.165, 1.54) is 25.4 Å². The fourth-order valence-electron chi connectivity index (χ4n) is 1.56. The van der Waals surface area contributed by atoms with Gasteiger partial charge in [-0.05, 0) is 23.9 Å². The molecule has 0 aromatic carbocycles. The van der Waals surface area contributed by atoms with Crippen molar-refractivity contribution in [2.75, 3.05) is 0 Å². The first-order valence-electron chi connectivity index (χ1n) is 5.63. The van der Waals surface area contributed by atoms with Crippen LogP contribution in [-0.4, -0.2) is 20.6 Å². The normalized spacial score (nSPS) is 22.6. The number of allylic oxidation sites excluding steroid dienone is 1. The van der Waals surface area contributed by atoms with Gasteiger partial charge in [0.1, 0.15) is 6.08 Å². The van der Waals surface area contributed by atoms with Crippen LogP contribution in [0.25, 0.3) is 0 Å². The third-order valence-electron chi connectivity index (χ3n) is 2.64. The van der Waals surface area contributed by atoms with Gasteiger partial charge in [0.25, 0.3) is 5.70 Å². The van der Waals surface area contributed by atoms with Crippen LogP contribution in [0.4, 0.5) is 5.82 Å². The number of dihydropyridines is 1. The predicted octanol–water partition coefficient (Wildman–Crippen LogP) is 0.956. The lowest BCUT2D eigenvalue weighted by Gasteiger charge is -2.24. The Hall–Kier alpha value is -2.81. The standard InChI is InChI=1S/C11H12N6O3/c1-8-7-14-11(12,6-9(8)16(18)19)17(20)15-10-4-2-3-5-13-10/h2-7,14H,12H2,1H3. The number of pyridine rings is 1. The summed E-state index contributed by atoms with van der Waals surface area (Å²) < 4.78 is 0. The van der Waals surface area contributed by atoms with Crippen molar-refractivity contribution in [3.8, 4) is 0 Å². The second kappa shape index (κ2) is 5.05. The minimum absolute atomic E-state index is 0.141. The lowest BCUT2D eigenvalue weighted by atomic mass is 10.1. The van der Waals surface area contributed by atoms with Gasteiger partial charge < -0.3 is 10.5 Å². The molecule has 1 aliphatic rings. The molecule has 104 valence electrons. The Morgan fingerprint density at radius 1 is 1.45 bits per heavy atom. The van der Waals surface area contributed by atoms with E-state index >= 15 is 0 Å². The van der Waals surface area contributed by atoms with Crippen LogP contribution < -0.4 is 11.1 Å². The molecule has 1 aromatic rings. The first kappa shape index (κ1) is 13.6. The highest BCUT2D eigenvalue weighted by Crippen LogP contribution is 2.20. The van der Waals surface area contributed by atoms with Crippen molar-refractivity contribution in [2.24, 2.45) is 10.8 Å². The molecule has 1 aromatic heterocycles. The number of nitrogens with two attached hydrogens (primary N) is 1. The van der Waals surface area contributed by atoms with Gasteiger partial charge in [0, 0.05) is 23.1 Å². The fourth-order valence-corrected chi connectivity index (χ4v) is 1.56. The molecule has 9 nitrogen and oxygen atoms in total. The second-order valence-electron chi connectivity index (χ2n) is 4.14. The number of hydrogen-bond acceptors (Lipinski definition) is 7. The molecule has 0 amide bonds. The molecule has 3 N–H and O–H groups in total. The zero-order valence-electron chi connectivity index (χ0n) is 10.6. The first-order chi connectivity index (χ1) is 9.42. The van der Waals surface area contributed by atoms with Gasteiger partial charge in [0.2, 0.25) is 5.82 Å². The van der Waals surface area contributed by atoms with E-state index in [9.17, 15) is 15.3 Å². The molecule has 1 aliphatic heterocycles. The van der Waals surface area contributed by atoms with Crippen molar-refractivity contribution in [3.05, 3.63) is 63.3 Å². The summed E-state index contributed by atoms with van der Waals surface area (Å²) in [4.78, 5) is 14.3. The molecule has 0 saturated carbocycles. The fraction of sp³-hybridized carbons (Fsp3) is 0.182. The highest BCUT2D eigenvalue weighted by molar-refractivity contribution is 5.29. The van der Waals surface area contributed by atoms with Gasteiger partial charge >= 0.3 is 5.79 Å². The van der Waals surface area contributed by atoms with E-state index in [2.05, 4.69) is 15.4 Å². The molecule has 2 rings (SSSR count). The van der Waals surface area contributed by atoms with E-state index in [0.29, 0.717) is 5.57 Å². The average Bonchev–Trinajstić information content (AvgIpc) is 2.42. The summed E-state index contributed by atoms with van der Waals surface area (Å²) in [6.45, 7) is 1.53. The van der Waals surface area contributed by atoms with Gasteiger partial charge in [0.15, 0.2) is 0 Å². The van der Waals surface area contributed by atoms with E-state index in [1.807, 2.05) is 0 Å². The van der Waals surface area contributed by atoms with Crippen molar-refractivity contribution < 1.29 is 9.78 Å². The summed E-state index contributed by atoms with van der Waals surface area (Å²) in [6.07, 6.45) is 3.78. The molecular weight excluding hydrogens is 264 g/mol. The number of nitrogens with one attached hydrogen (secondary N) is 1. The van der Waals surface area contributed by atoms with Crippen LogP contribution in [0.15, 0.2) is 53.1 Å². The Morgan fingerprint density at radius 3 is 2.80 bits per heavy atom. The minimum atomic E-state index is -1.83. The monoisotopic (exact) mass is 276 g/mol. The topological polar surface area (TPSA) is 133 Å². The number of aromatic nitrogens is 1. The molecule has 0 spiro atoms. The summed E-state index contributed by atoms with van der Waals surface area (Å²) >= 11 is 0. The first-order valence-corrected chi connectivity index (χ1v) is 5.63. The molecule has 1 atom stereocenters. The smallest absolute Gasteiger partial charge is 0.355 e. The molecule has 0 saturated heterocycles. The summed E-state index contributed by atoms with van der Waals surface area (Å²) in [5.74, 6) is -1.68. The SMILES string of the molecule is CC1=CNC(N)([N+]([O-])=Nc2ccccn2)C=C1[N+](=O)[O-]. The van der Waals surface area contributed by atoms with Gasteiger partial charge in [-0.1, -0.05) is 6.07 Å². The Balaban J connectivity index is 2.37. The molecule has 0 bridgehead atoms. The summed E-state index contributed by atoms with van der Waals surface area (Å²) in [5, 5.41) is 29.1. The molecule has 0 aliphatic carbocycles. The second-order valence-corrected chi connectivity index (χ2v) is 4.14. The van der Waals surface area contributed by atoms with Crippen molar-refractivity contribution in [3.63, 3.8) is 0 Å². The maximum atomic E-state index is 12.0. The Kier molecular flexibility index (Phi) is 3.44. The maximum Gasteiger partial charge on any atom is 0.355 e. The molecule has 20 heavy (non-hydrogen) atoms. The number of azo groups is 1. The van der Waals surface area contributed by atoms with Gasteiger partial charge in [0.05, 0.1) is 4.92 Å². The zero-order valence-corrected chi connectivity index (χ0v) is 10.6. The molecular formula is C11H12N6O3. The minimum Gasteiger partial charge on any atom is -0.596 e. The molecule has 1 unspecified atom stereocenters. The van der Waals surface area contributed by atoms with Crippen LogP contribution in [-0.2, 0) is 0 Å². The number of rotatable bonds is 3. The maximum absolute atomic E-state index is 12.0. The van der Waals surface area contributed by atoms with Gasteiger partial charge in [-0.15, -0.1) is 0 Å². The van der Waals surface area contributed by atoms with Crippen molar-refractivity contribution >= 4 is 5.82 Å². The average molecular weight is 276 g/mol. The highest BCUT2D eigenvalue weighted by Gasteiger charge is 2.39. The molecule has 0 radical (unpaired) electrons. The summed E-state index contributed by atoms with van der Waals surface area (Å²) in [5.41, 5.74) is 5.91. The van der Waals surface area contributed by atoms with Gasteiger partial charge in [-0.2, -0.15) is 0 Å². The van der Waals surface area contributed by atoms with Crippen molar-refractivity contribution in [1.82, 2.24) is 10.3 Å². The van der Waals surface area contributed by atoms with E-state index in [0.717, 1.165) is 6.08 Å². The lowest BCUT2D eigenvalue weighted by molar-refractivity contribution is -0.600. The van der Waals surface area contributed by atoms with Crippen LogP contribution in [0.3, 0.4) is 0 Å². The summed E-state index contributed by atoms with van der Waals surface area (Å²) in [7, 11) is 0. The quantitative estimate of drug-likeness (QED) is 0.278. The Morgan fingerprint density at radius 2 is 2.20 bits per heavy atom. The Labute approximate surface area is 113 Å². The lowest BCUT2D eigenvalue weighted by Crippen LogP contribution is -2.58. The van der Waals surface area contributed by atoms with E-state index < -0.39 is 10.7 Å². The Bertz CT molecular complexity index is 624. The van der Waals surface area contributed by atoms with Gasteiger partial charge in [-0.25, -0.2) is 10.7 Å². The van der Waals surface area contributed by atoms with Crippen LogP contribution in [0.2, 0.25) is 0 Å². The van der Waals surface area contributed by atoms with Crippen molar-refractivity contribution in [2.45, 2.75) is 12.7 Å². The van der Waals surface area contributed by atoms with Crippen LogP contribution in [0.5, 0.6) is 0 Å². The van der Waals surface area contributed by atoms with E-state index in [4.69, 9.17) is 5.73 Å². The van der Waals surface area contributed by atoms with Crippen molar-refractivity contribution in [1.29, 1.82) is 0 Å². The highest BCUT2D eigenvalue weighted by atomic mass is 16.6. The number of hydroxylamine groups is 1. The van der Waals surface area contributed by atoms with Crippen LogP contribution >= 0.6 is 0 Å². The third-order valence-corrected chi connectivity index (χ3v) is 2.64. The third kappa shape index (κ3) is 2.62. The molecule has 0 fully saturated rings. The molecule has 9 heteroatoms. The number of nitrogens with zero attached hydrogens (tertiary/aromatic N) is 4. The van der Waals surface area contributed by atoms with E-state index in [1.54, 1.807) is 12.1 Å². The van der Waals surface area contributed by atoms with E-state index in [-0.39, 0.29) is 16.4 Å². The predicted molar refractivity (Wildman–Crippen MR) is 68.8 cm³/mol. The largest absolute Gasteiger partial charge is 0.596 e. The summed E-state index contributed by atoms with van der Waals surface area (Å²) in [6, 6.07) is 4.83. The number of nitro groups is 1. The number of hydrogen-bond donors (Lipinski definition) is 2. The van der Waals surface area contributed by atoms with Crippen LogP contribution in [0.1, 0.15) is 6.92 Å². The van der Waals surface area contributed by atoms with Crippen LogP contribution in [0, 0.1) is 15.3 Å². The zero-order chi connectivity index (χ0) is 14.8.